The van der Waals surface area contributed by atoms with Crippen LogP contribution in [0.3, 0.4) is 0 Å². The first-order chi connectivity index (χ1) is 11.7. The molecule has 0 saturated carbocycles. The van der Waals surface area contributed by atoms with Gasteiger partial charge in [-0.25, -0.2) is 0 Å². The highest BCUT2D eigenvalue weighted by atomic mass is 16.5. The van der Waals surface area contributed by atoms with Crippen LogP contribution in [0.2, 0.25) is 0 Å². The molecule has 0 bridgehead atoms. The van der Waals surface area contributed by atoms with E-state index in [-0.39, 0.29) is 42.1 Å². The van der Waals surface area contributed by atoms with Gasteiger partial charge in [0.05, 0.1) is 19.3 Å². The number of morpholine rings is 1. The maximum atomic E-state index is 12.8. The van der Waals surface area contributed by atoms with Crippen molar-refractivity contribution in [3.8, 4) is 0 Å². The maximum absolute atomic E-state index is 12.8. The van der Waals surface area contributed by atoms with Gasteiger partial charge in [0.2, 0.25) is 11.8 Å². The van der Waals surface area contributed by atoms with Crippen LogP contribution in [0, 0.1) is 11.3 Å². The number of Topliss-reactive ketones (excluding diaryl/α,β-unsaturated/α-hetero) is 1. The van der Waals surface area contributed by atoms with Crippen molar-refractivity contribution in [2.24, 2.45) is 11.3 Å². The van der Waals surface area contributed by atoms with Gasteiger partial charge in [0.15, 0.2) is 5.78 Å². The molecule has 2 aliphatic rings. The Hall–Kier alpha value is -1.47. The molecule has 2 aliphatic heterocycles. The SMILES string of the molecule is CC1OCC(=O)C1NC(=O)C(CC(=O)N1CCOCC1)CC(C)(C)C. The summed E-state index contributed by atoms with van der Waals surface area (Å²) in [6.45, 7) is 10.1. The number of carbonyl (C=O) groups excluding carboxylic acids is 3. The number of ether oxygens (including phenoxy) is 2. The highest BCUT2D eigenvalue weighted by Crippen LogP contribution is 2.27. The molecule has 7 heteroatoms. The van der Waals surface area contributed by atoms with E-state index >= 15 is 0 Å². The van der Waals surface area contributed by atoms with Crippen molar-refractivity contribution in [2.45, 2.75) is 52.7 Å². The second-order valence-corrected chi connectivity index (χ2v) is 8.13. The van der Waals surface area contributed by atoms with Gasteiger partial charge >= 0.3 is 0 Å². The Balaban J connectivity index is 2.02. The van der Waals surface area contributed by atoms with Crippen LogP contribution in [-0.2, 0) is 23.9 Å². The summed E-state index contributed by atoms with van der Waals surface area (Å²) in [7, 11) is 0. The first-order valence-electron chi connectivity index (χ1n) is 8.97. The lowest BCUT2D eigenvalue weighted by Gasteiger charge is -2.30. The highest BCUT2D eigenvalue weighted by Gasteiger charge is 2.37. The molecule has 0 aromatic rings. The minimum absolute atomic E-state index is 0.0305. The molecule has 0 aromatic heterocycles. The second-order valence-electron chi connectivity index (χ2n) is 8.13. The predicted octanol–water partition coefficient (Wildman–Crippen LogP) is 0.760. The molecule has 1 N–H and O–H groups in total. The molecule has 2 saturated heterocycles. The van der Waals surface area contributed by atoms with E-state index in [1.54, 1.807) is 11.8 Å². The van der Waals surface area contributed by atoms with Crippen LogP contribution in [0.4, 0.5) is 0 Å². The van der Waals surface area contributed by atoms with Crippen molar-refractivity contribution < 1.29 is 23.9 Å². The van der Waals surface area contributed by atoms with Crippen LogP contribution in [0.25, 0.3) is 0 Å². The van der Waals surface area contributed by atoms with E-state index in [0.717, 1.165) is 0 Å². The zero-order chi connectivity index (χ0) is 18.6. The zero-order valence-corrected chi connectivity index (χ0v) is 15.7. The number of nitrogens with one attached hydrogen (secondary N) is 1. The lowest BCUT2D eigenvalue weighted by molar-refractivity contribution is -0.140. The molecule has 25 heavy (non-hydrogen) atoms. The molecule has 142 valence electrons. The Morgan fingerprint density at radius 1 is 1.28 bits per heavy atom. The molecule has 0 aromatic carbocycles. The molecule has 2 amide bonds. The molecule has 0 aliphatic carbocycles. The van der Waals surface area contributed by atoms with Crippen molar-refractivity contribution >= 4 is 17.6 Å². The molecular weight excluding hydrogens is 324 g/mol. The largest absolute Gasteiger partial charge is 0.378 e. The van der Waals surface area contributed by atoms with Gasteiger partial charge in [-0.05, 0) is 18.8 Å². The molecule has 0 radical (unpaired) electrons. The van der Waals surface area contributed by atoms with Crippen molar-refractivity contribution in [1.29, 1.82) is 0 Å². The fourth-order valence-electron chi connectivity index (χ4n) is 3.28. The Labute approximate surface area is 149 Å². The fraction of sp³-hybridized carbons (Fsp3) is 0.833. The summed E-state index contributed by atoms with van der Waals surface area (Å²) < 4.78 is 10.6. The Bertz CT molecular complexity index is 508. The fourth-order valence-corrected chi connectivity index (χ4v) is 3.28. The molecule has 3 atom stereocenters. The van der Waals surface area contributed by atoms with Gasteiger partial charge in [0.1, 0.15) is 12.6 Å². The molecule has 0 spiro atoms. The summed E-state index contributed by atoms with van der Waals surface area (Å²) in [5.41, 5.74) is -0.102. The van der Waals surface area contributed by atoms with E-state index in [1.807, 2.05) is 20.8 Å². The van der Waals surface area contributed by atoms with E-state index < -0.39 is 12.0 Å². The van der Waals surface area contributed by atoms with Crippen molar-refractivity contribution in [1.82, 2.24) is 10.2 Å². The number of amides is 2. The van der Waals surface area contributed by atoms with E-state index in [0.29, 0.717) is 32.7 Å². The monoisotopic (exact) mass is 354 g/mol. The predicted molar refractivity (Wildman–Crippen MR) is 91.9 cm³/mol. The molecule has 3 unspecified atom stereocenters. The van der Waals surface area contributed by atoms with Crippen molar-refractivity contribution in [3.05, 3.63) is 0 Å². The smallest absolute Gasteiger partial charge is 0.224 e. The number of rotatable bonds is 5. The van der Waals surface area contributed by atoms with Crippen LogP contribution in [0.1, 0.15) is 40.5 Å². The van der Waals surface area contributed by atoms with Gasteiger partial charge in [-0.15, -0.1) is 0 Å². The maximum Gasteiger partial charge on any atom is 0.224 e. The highest BCUT2D eigenvalue weighted by molar-refractivity contribution is 5.93. The van der Waals surface area contributed by atoms with Crippen LogP contribution in [0.5, 0.6) is 0 Å². The zero-order valence-electron chi connectivity index (χ0n) is 15.7. The van der Waals surface area contributed by atoms with Crippen molar-refractivity contribution in [2.75, 3.05) is 32.9 Å². The van der Waals surface area contributed by atoms with Crippen LogP contribution >= 0.6 is 0 Å². The summed E-state index contributed by atoms with van der Waals surface area (Å²) in [5.74, 6) is -0.854. The average molecular weight is 354 g/mol. The molecule has 2 heterocycles. The topological polar surface area (TPSA) is 84.9 Å². The normalized spacial score (nSPS) is 25.8. The van der Waals surface area contributed by atoms with E-state index in [9.17, 15) is 14.4 Å². The first kappa shape index (κ1) is 19.8. The van der Waals surface area contributed by atoms with Crippen LogP contribution in [-0.4, -0.2) is 67.6 Å². The van der Waals surface area contributed by atoms with E-state index in [2.05, 4.69) is 5.32 Å². The van der Waals surface area contributed by atoms with Gasteiger partial charge in [0, 0.05) is 25.4 Å². The van der Waals surface area contributed by atoms with Crippen LogP contribution < -0.4 is 5.32 Å². The lowest BCUT2D eigenvalue weighted by Crippen LogP contribution is -2.48. The van der Waals surface area contributed by atoms with Gasteiger partial charge in [-0.2, -0.15) is 0 Å². The van der Waals surface area contributed by atoms with E-state index in [4.69, 9.17) is 9.47 Å². The summed E-state index contributed by atoms with van der Waals surface area (Å²) in [5, 5.41) is 2.80. The van der Waals surface area contributed by atoms with Crippen LogP contribution in [0.15, 0.2) is 0 Å². The number of ketones is 1. The number of carbonyl (C=O) groups is 3. The van der Waals surface area contributed by atoms with E-state index in [1.165, 1.54) is 0 Å². The summed E-state index contributed by atoms with van der Waals surface area (Å²) in [6, 6.07) is -0.617. The molecule has 7 nitrogen and oxygen atoms in total. The summed E-state index contributed by atoms with van der Waals surface area (Å²) in [4.78, 5) is 39.0. The van der Waals surface area contributed by atoms with Gasteiger partial charge in [0.25, 0.3) is 0 Å². The number of hydrogen-bond acceptors (Lipinski definition) is 5. The van der Waals surface area contributed by atoms with Gasteiger partial charge < -0.3 is 19.7 Å². The number of nitrogens with zero attached hydrogens (tertiary/aromatic N) is 1. The van der Waals surface area contributed by atoms with Crippen molar-refractivity contribution in [3.63, 3.8) is 0 Å². The standard InChI is InChI=1S/C18H30N2O5/c1-12-16(14(21)11-25-12)19-17(23)13(10-18(2,3)4)9-15(22)20-5-7-24-8-6-20/h12-13,16H,5-11H2,1-4H3,(H,19,23). The Morgan fingerprint density at radius 3 is 2.44 bits per heavy atom. The summed E-state index contributed by atoms with van der Waals surface area (Å²) >= 11 is 0. The van der Waals surface area contributed by atoms with Gasteiger partial charge in [-0.1, -0.05) is 20.8 Å². The third kappa shape index (κ3) is 5.78. The third-order valence-electron chi connectivity index (χ3n) is 4.62. The average Bonchev–Trinajstić information content (AvgIpc) is 2.85. The molecule has 2 fully saturated rings. The Kier molecular flexibility index (Phi) is 6.57. The minimum atomic E-state index is -0.617. The van der Waals surface area contributed by atoms with Gasteiger partial charge in [-0.3, -0.25) is 14.4 Å². The third-order valence-corrected chi connectivity index (χ3v) is 4.62. The quantitative estimate of drug-likeness (QED) is 0.788. The number of hydrogen-bond donors (Lipinski definition) is 1. The lowest BCUT2D eigenvalue weighted by atomic mass is 9.82. The summed E-state index contributed by atoms with van der Waals surface area (Å²) in [6.07, 6.45) is 0.395. The Morgan fingerprint density at radius 2 is 1.92 bits per heavy atom. The molecular formula is C18H30N2O5. The second kappa shape index (κ2) is 8.27. The molecule has 2 rings (SSSR count). The first-order valence-corrected chi connectivity index (χ1v) is 8.97. The minimum Gasteiger partial charge on any atom is -0.378 e.